The Bertz CT molecular complexity index is 545. The number of ether oxygens (including phenoxy) is 2. The van der Waals surface area contributed by atoms with Crippen molar-refractivity contribution in [3.05, 3.63) is 23.8 Å². The van der Waals surface area contributed by atoms with Gasteiger partial charge >= 0.3 is 12.0 Å². The summed E-state index contributed by atoms with van der Waals surface area (Å²) in [5.41, 5.74) is 0.974. The number of carboxylic acids is 1. The minimum Gasteiger partial charge on any atom is -0.493 e. The number of carbonyl (C=O) groups is 2. The molecular formula is C16H24N2O5. The van der Waals surface area contributed by atoms with E-state index in [2.05, 4.69) is 10.6 Å². The summed E-state index contributed by atoms with van der Waals surface area (Å²) in [5.74, 6) is 0.0301. The van der Waals surface area contributed by atoms with Crippen LogP contribution in [-0.2, 0) is 11.2 Å². The number of benzene rings is 1. The van der Waals surface area contributed by atoms with Crippen LogP contribution in [0.25, 0.3) is 0 Å². The van der Waals surface area contributed by atoms with E-state index in [0.29, 0.717) is 24.5 Å². The van der Waals surface area contributed by atoms with E-state index < -0.39 is 18.0 Å². The van der Waals surface area contributed by atoms with Gasteiger partial charge in [-0.2, -0.15) is 0 Å². The Morgan fingerprint density at radius 1 is 1.17 bits per heavy atom. The lowest BCUT2D eigenvalue weighted by Crippen LogP contribution is -2.48. The number of methoxy groups -OCH3 is 2. The SMILES string of the molecule is COc1ccc(CCNC(=O)N[C@H](C(=O)O)C(C)C)cc1OC. The number of amides is 2. The summed E-state index contributed by atoms with van der Waals surface area (Å²) >= 11 is 0. The molecule has 1 aromatic rings. The predicted octanol–water partition coefficient (Wildman–Crippen LogP) is 1.65. The van der Waals surface area contributed by atoms with Crippen LogP contribution in [0.1, 0.15) is 19.4 Å². The number of rotatable bonds is 8. The van der Waals surface area contributed by atoms with Crippen molar-refractivity contribution < 1.29 is 24.2 Å². The average Bonchev–Trinajstić information content (AvgIpc) is 2.51. The summed E-state index contributed by atoms with van der Waals surface area (Å²) in [7, 11) is 3.13. The first-order valence-corrected chi connectivity index (χ1v) is 7.37. The molecule has 0 spiro atoms. The maximum Gasteiger partial charge on any atom is 0.326 e. The van der Waals surface area contributed by atoms with Crippen molar-refractivity contribution in [1.29, 1.82) is 0 Å². The molecule has 0 fully saturated rings. The van der Waals surface area contributed by atoms with Gasteiger partial charge in [0.2, 0.25) is 0 Å². The first-order valence-electron chi connectivity index (χ1n) is 7.37. The lowest BCUT2D eigenvalue weighted by atomic mass is 10.1. The van der Waals surface area contributed by atoms with Gasteiger partial charge in [0.05, 0.1) is 14.2 Å². The second-order valence-electron chi connectivity index (χ2n) is 5.40. The van der Waals surface area contributed by atoms with Crippen LogP contribution in [-0.4, -0.2) is 43.9 Å². The van der Waals surface area contributed by atoms with Crippen LogP contribution >= 0.6 is 0 Å². The minimum absolute atomic E-state index is 0.191. The second kappa shape index (κ2) is 8.87. The van der Waals surface area contributed by atoms with E-state index in [1.54, 1.807) is 34.1 Å². The maximum absolute atomic E-state index is 11.7. The lowest BCUT2D eigenvalue weighted by Gasteiger charge is -2.18. The number of urea groups is 1. The van der Waals surface area contributed by atoms with Crippen LogP contribution in [0.15, 0.2) is 18.2 Å². The monoisotopic (exact) mass is 324 g/mol. The molecule has 0 aromatic heterocycles. The molecule has 7 heteroatoms. The molecule has 0 radical (unpaired) electrons. The maximum atomic E-state index is 11.7. The first-order chi connectivity index (χ1) is 10.9. The molecule has 128 valence electrons. The van der Waals surface area contributed by atoms with Crippen LogP contribution in [0.2, 0.25) is 0 Å². The predicted molar refractivity (Wildman–Crippen MR) is 86.0 cm³/mol. The Labute approximate surface area is 136 Å². The van der Waals surface area contributed by atoms with Gasteiger partial charge in [0.25, 0.3) is 0 Å². The van der Waals surface area contributed by atoms with E-state index in [0.717, 1.165) is 5.56 Å². The zero-order chi connectivity index (χ0) is 17.4. The van der Waals surface area contributed by atoms with Crippen LogP contribution in [0, 0.1) is 5.92 Å². The summed E-state index contributed by atoms with van der Waals surface area (Å²) in [6, 6.07) is 4.12. The topological polar surface area (TPSA) is 96.9 Å². The number of aliphatic carboxylic acids is 1. The van der Waals surface area contributed by atoms with Crippen LogP contribution in [0.4, 0.5) is 4.79 Å². The molecule has 3 N–H and O–H groups in total. The van der Waals surface area contributed by atoms with E-state index in [9.17, 15) is 9.59 Å². The van der Waals surface area contributed by atoms with Gasteiger partial charge in [0, 0.05) is 6.54 Å². The highest BCUT2D eigenvalue weighted by Crippen LogP contribution is 2.27. The van der Waals surface area contributed by atoms with Crippen LogP contribution in [0.3, 0.4) is 0 Å². The van der Waals surface area contributed by atoms with Gasteiger partial charge in [-0.05, 0) is 30.0 Å². The molecule has 0 unspecified atom stereocenters. The molecule has 0 aliphatic rings. The van der Waals surface area contributed by atoms with E-state index in [4.69, 9.17) is 14.6 Å². The van der Waals surface area contributed by atoms with Crippen LogP contribution in [0.5, 0.6) is 11.5 Å². The third-order valence-electron chi connectivity index (χ3n) is 3.37. The van der Waals surface area contributed by atoms with E-state index in [1.807, 2.05) is 12.1 Å². The van der Waals surface area contributed by atoms with Gasteiger partial charge in [-0.15, -0.1) is 0 Å². The zero-order valence-electron chi connectivity index (χ0n) is 13.9. The Hall–Kier alpha value is -2.44. The molecule has 0 heterocycles. The van der Waals surface area contributed by atoms with E-state index in [-0.39, 0.29) is 5.92 Å². The largest absolute Gasteiger partial charge is 0.493 e. The highest BCUT2D eigenvalue weighted by molar-refractivity contribution is 5.82. The Morgan fingerprint density at radius 2 is 1.83 bits per heavy atom. The highest BCUT2D eigenvalue weighted by Gasteiger charge is 2.23. The highest BCUT2D eigenvalue weighted by atomic mass is 16.5. The van der Waals surface area contributed by atoms with Crippen molar-refractivity contribution in [3.63, 3.8) is 0 Å². The Kier molecular flexibility index (Phi) is 7.18. The molecule has 1 atom stereocenters. The number of carboxylic acid groups (broad SMARTS) is 1. The van der Waals surface area contributed by atoms with E-state index in [1.165, 1.54) is 0 Å². The third-order valence-corrected chi connectivity index (χ3v) is 3.37. The second-order valence-corrected chi connectivity index (χ2v) is 5.40. The van der Waals surface area contributed by atoms with Crippen molar-refractivity contribution in [3.8, 4) is 11.5 Å². The number of nitrogens with one attached hydrogen (secondary N) is 2. The minimum atomic E-state index is -1.05. The summed E-state index contributed by atoms with van der Waals surface area (Å²) in [5, 5.41) is 14.1. The summed E-state index contributed by atoms with van der Waals surface area (Å²) < 4.78 is 10.4. The van der Waals surface area contributed by atoms with Crippen molar-refractivity contribution in [2.24, 2.45) is 5.92 Å². The van der Waals surface area contributed by atoms with Crippen molar-refractivity contribution in [2.45, 2.75) is 26.3 Å². The Balaban J connectivity index is 2.50. The molecule has 0 aliphatic heterocycles. The molecule has 1 aromatic carbocycles. The van der Waals surface area contributed by atoms with Crippen molar-refractivity contribution >= 4 is 12.0 Å². The summed E-state index contributed by atoms with van der Waals surface area (Å²) in [4.78, 5) is 22.8. The fourth-order valence-corrected chi connectivity index (χ4v) is 2.06. The van der Waals surface area contributed by atoms with Crippen molar-refractivity contribution in [1.82, 2.24) is 10.6 Å². The molecule has 0 bridgehead atoms. The van der Waals surface area contributed by atoms with Gasteiger partial charge in [-0.1, -0.05) is 19.9 Å². The quantitative estimate of drug-likeness (QED) is 0.675. The average molecular weight is 324 g/mol. The molecular weight excluding hydrogens is 300 g/mol. The molecule has 2 amide bonds. The normalized spacial score (nSPS) is 11.7. The number of hydrogen-bond acceptors (Lipinski definition) is 4. The van der Waals surface area contributed by atoms with Crippen LogP contribution < -0.4 is 20.1 Å². The molecule has 1 rings (SSSR count). The zero-order valence-corrected chi connectivity index (χ0v) is 13.9. The van der Waals surface area contributed by atoms with E-state index >= 15 is 0 Å². The smallest absolute Gasteiger partial charge is 0.326 e. The molecule has 0 aliphatic carbocycles. The lowest BCUT2D eigenvalue weighted by molar-refractivity contribution is -0.140. The number of hydrogen-bond donors (Lipinski definition) is 3. The van der Waals surface area contributed by atoms with Gasteiger partial charge in [0.15, 0.2) is 11.5 Å². The van der Waals surface area contributed by atoms with Gasteiger partial charge in [-0.3, -0.25) is 0 Å². The fourth-order valence-electron chi connectivity index (χ4n) is 2.06. The van der Waals surface area contributed by atoms with Gasteiger partial charge in [0.1, 0.15) is 6.04 Å². The summed E-state index contributed by atoms with van der Waals surface area (Å²) in [6.45, 7) is 3.86. The van der Waals surface area contributed by atoms with Gasteiger partial charge < -0.3 is 25.2 Å². The standard InChI is InChI=1S/C16H24N2O5/c1-10(2)14(15(19)20)18-16(21)17-8-7-11-5-6-12(22-3)13(9-11)23-4/h5-6,9-10,14H,7-8H2,1-4H3,(H,19,20)(H2,17,18,21)/t14-/m0/s1. The number of carbonyl (C=O) groups excluding carboxylic acids is 1. The third kappa shape index (κ3) is 5.69. The molecule has 0 saturated carbocycles. The molecule has 7 nitrogen and oxygen atoms in total. The first kappa shape index (κ1) is 18.6. The Morgan fingerprint density at radius 3 is 2.35 bits per heavy atom. The molecule has 0 saturated heterocycles. The summed E-state index contributed by atoms with van der Waals surface area (Å²) in [6.07, 6.45) is 0.590. The molecule has 23 heavy (non-hydrogen) atoms. The van der Waals surface area contributed by atoms with Crippen molar-refractivity contribution in [2.75, 3.05) is 20.8 Å². The fraction of sp³-hybridized carbons (Fsp3) is 0.500. The van der Waals surface area contributed by atoms with Gasteiger partial charge in [-0.25, -0.2) is 9.59 Å².